The molecule has 0 atom stereocenters. The SMILES string of the molecule is N#Cc1c(SCc2csc(-c3ccc(Cl)cc3)n2)nc(N2CCCC2)c(C#N)c1-c1ccc(OCCNCCC(=O)O)cc1. The Bertz CT molecular complexity index is 1690. The van der Waals surface area contributed by atoms with Crippen molar-refractivity contribution in [1.29, 1.82) is 10.5 Å². The van der Waals surface area contributed by atoms with Gasteiger partial charge in [0.05, 0.1) is 17.7 Å². The topological polar surface area (TPSA) is 135 Å². The van der Waals surface area contributed by atoms with Crippen LogP contribution in [0.2, 0.25) is 5.02 Å². The van der Waals surface area contributed by atoms with E-state index in [4.69, 9.17) is 31.4 Å². The maximum Gasteiger partial charge on any atom is 0.304 e. The molecule has 1 saturated heterocycles. The molecule has 0 unspecified atom stereocenters. The maximum absolute atomic E-state index is 10.6. The Balaban J connectivity index is 1.40. The Morgan fingerprint density at radius 3 is 2.41 bits per heavy atom. The molecular weight excluding hydrogens is 616 g/mol. The van der Waals surface area contributed by atoms with Gasteiger partial charge in [-0.2, -0.15) is 10.5 Å². The molecule has 0 saturated carbocycles. The number of anilines is 1. The molecule has 44 heavy (non-hydrogen) atoms. The summed E-state index contributed by atoms with van der Waals surface area (Å²) in [4.78, 5) is 22.5. The number of nitrogens with zero attached hydrogens (tertiary/aromatic N) is 5. The summed E-state index contributed by atoms with van der Waals surface area (Å²) >= 11 is 9.03. The minimum absolute atomic E-state index is 0.0526. The first-order valence-corrected chi connectivity index (χ1v) is 16.3. The van der Waals surface area contributed by atoms with Crippen molar-refractivity contribution in [1.82, 2.24) is 15.3 Å². The fraction of sp³-hybridized carbons (Fsp3) is 0.281. The molecule has 0 amide bonds. The molecule has 0 radical (unpaired) electrons. The number of hydrogen-bond acceptors (Lipinski definition) is 10. The smallest absolute Gasteiger partial charge is 0.304 e. The minimum Gasteiger partial charge on any atom is -0.492 e. The number of nitriles is 2. The lowest BCUT2D eigenvalue weighted by Gasteiger charge is -2.22. The zero-order valence-corrected chi connectivity index (χ0v) is 26.1. The van der Waals surface area contributed by atoms with Gasteiger partial charge in [0.1, 0.15) is 45.9 Å². The molecule has 0 bridgehead atoms. The molecule has 0 spiro atoms. The van der Waals surface area contributed by atoms with Crippen LogP contribution in [0.3, 0.4) is 0 Å². The molecule has 12 heteroatoms. The number of halogens is 1. The van der Waals surface area contributed by atoms with Crippen LogP contribution in [0.25, 0.3) is 21.7 Å². The predicted molar refractivity (Wildman–Crippen MR) is 173 cm³/mol. The fourth-order valence-electron chi connectivity index (χ4n) is 4.83. The van der Waals surface area contributed by atoms with Crippen molar-refractivity contribution in [3.05, 3.63) is 75.8 Å². The average molecular weight is 645 g/mol. The zero-order valence-electron chi connectivity index (χ0n) is 23.8. The third-order valence-electron chi connectivity index (χ3n) is 6.98. The normalized spacial score (nSPS) is 12.6. The number of carboxylic acids is 1. The van der Waals surface area contributed by atoms with Gasteiger partial charge >= 0.3 is 5.97 Å². The summed E-state index contributed by atoms with van der Waals surface area (Å²) in [7, 11) is 0. The predicted octanol–water partition coefficient (Wildman–Crippen LogP) is 6.60. The Hall–Kier alpha value is -4.13. The van der Waals surface area contributed by atoms with Crippen LogP contribution in [-0.2, 0) is 10.5 Å². The number of carbonyl (C=O) groups is 1. The average Bonchev–Trinajstić information content (AvgIpc) is 3.75. The van der Waals surface area contributed by atoms with E-state index in [2.05, 4.69) is 22.4 Å². The van der Waals surface area contributed by atoms with Crippen LogP contribution < -0.4 is 15.0 Å². The highest BCUT2D eigenvalue weighted by Gasteiger charge is 2.26. The third kappa shape index (κ3) is 7.68. The van der Waals surface area contributed by atoms with E-state index < -0.39 is 5.97 Å². The van der Waals surface area contributed by atoms with Gasteiger partial charge in [-0.1, -0.05) is 47.6 Å². The lowest BCUT2D eigenvalue weighted by atomic mass is 9.96. The maximum atomic E-state index is 10.6. The van der Waals surface area contributed by atoms with Crippen LogP contribution in [0, 0.1) is 22.7 Å². The molecule has 0 aliphatic carbocycles. The largest absolute Gasteiger partial charge is 0.492 e. The van der Waals surface area contributed by atoms with Crippen molar-refractivity contribution in [3.63, 3.8) is 0 Å². The summed E-state index contributed by atoms with van der Waals surface area (Å²) < 4.78 is 5.80. The number of benzene rings is 2. The van der Waals surface area contributed by atoms with Gasteiger partial charge in [-0.25, -0.2) is 9.97 Å². The number of ether oxygens (including phenoxy) is 1. The van der Waals surface area contributed by atoms with Crippen molar-refractivity contribution in [2.75, 3.05) is 37.7 Å². The molecule has 9 nitrogen and oxygen atoms in total. The van der Waals surface area contributed by atoms with Gasteiger partial charge in [0.25, 0.3) is 0 Å². The van der Waals surface area contributed by atoms with Crippen molar-refractivity contribution in [2.24, 2.45) is 0 Å². The number of carboxylic acid groups (broad SMARTS) is 1. The number of nitrogens with one attached hydrogen (secondary N) is 1. The van der Waals surface area contributed by atoms with Crippen molar-refractivity contribution >= 4 is 46.5 Å². The molecule has 5 rings (SSSR count). The van der Waals surface area contributed by atoms with Crippen LogP contribution in [-0.4, -0.2) is 53.8 Å². The highest BCUT2D eigenvalue weighted by atomic mass is 35.5. The Morgan fingerprint density at radius 1 is 1.02 bits per heavy atom. The lowest BCUT2D eigenvalue weighted by Crippen LogP contribution is -2.23. The van der Waals surface area contributed by atoms with E-state index in [0.29, 0.717) is 63.8 Å². The number of thioether (sulfide) groups is 1. The summed E-state index contributed by atoms with van der Waals surface area (Å²) in [5, 5.41) is 36.6. The Kier molecular flexibility index (Phi) is 10.7. The van der Waals surface area contributed by atoms with Gasteiger partial charge < -0.3 is 20.1 Å². The first-order chi connectivity index (χ1) is 21.5. The van der Waals surface area contributed by atoms with Gasteiger partial charge in [0, 0.05) is 53.5 Å². The third-order valence-corrected chi connectivity index (χ3v) is 9.18. The molecule has 2 aromatic heterocycles. The van der Waals surface area contributed by atoms with E-state index >= 15 is 0 Å². The molecule has 1 fully saturated rings. The number of aromatic nitrogens is 2. The summed E-state index contributed by atoms with van der Waals surface area (Å²) in [6.07, 6.45) is 2.10. The van der Waals surface area contributed by atoms with Crippen molar-refractivity contribution in [2.45, 2.75) is 30.0 Å². The van der Waals surface area contributed by atoms with Crippen LogP contribution in [0.1, 0.15) is 36.1 Å². The Morgan fingerprint density at radius 2 is 1.73 bits per heavy atom. The second kappa shape index (κ2) is 15.0. The van der Waals surface area contributed by atoms with E-state index in [0.717, 1.165) is 47.8 Å². The second-order valence-corrected chi connectivity index (χ2v) is 12.2. The van der Waals surface area contributed by atoms with Crippen LogP contribution >= 0.6 is 34.7 Å². The van der Waals surface area contributed by atoms with Crippen LogP contribution in [0.15, 0.2) is 58.9 Å². The first kappa shape index (κ1) is 31.3. The molecule has 224 valence electrons. The summed E-state index contributed by atoms with van der Waals surface area (Å²) in [5.41, 5.74) is 3.92. The van der Waals surface area contributed by atoms with Gasteiger partial charge in [-0.05, 0) is 42.7 Å². The molecule has 1 aliphatic heterocycles. The zero-order chi connectivity index (χ0) is 30.9. The molecular formula is C32H29ClN6O3S2. The summed E-state index contributed by atoms with van der Waals surface area (Å²) in [6.45, 7) is 2.87. The summed E-state index contributed by atoms with van der Waals surface area (Å²) in [6, 6.07) is 19.6. The van der Waals surface area contributed by atoms with E-state index in [-0.39, 0.29) is 6.42 Å². The number of rotatable bonds is 13. The van der Waals surface area contributed by atoms with Gasteiger partial charge in [0.15, 0.2) is 0 Å². The van der Waals surface area contributed by atoms with E-state index in [9.17, 15) is 15.3 Å². The quantitative estimate of drug-likeness (QED) is 0.121. The highest BCUT2D eigenvalue weighted by molar-refractivity contribution is 7.98. The summed E-state index contributed by atoms with van der Waals surface area (Å²) in [5.74, 6) is 0.909. The number of thiazole rings is 1. The molecule has 4 aromatic rings. The van der Waals surface area contributed by atoms with E-state index in [1.807, 2.05) is 53.9 Å². The van der Waals surface area contributed by atoms with Crippen LogP contribution in [0.4, 0.5) is 5.82 Å². The fourth-order valence-corrected chi connectivity index (χ4v) is 6.76. The Labute approximate surface area is 269 Å². The molecule has 2 aromatic carbocycles. The van der Waals surface area contributed by atoms with Gasteiger partial charge in [-0.3, -0.25) is 4.79 Å². The van der Waals surface area contributed by atoms with Gasteiger partial charge in [-0.15, -0.1) is 11.3 Å². The second-order valence-electron chi connectivity index (χ2n) is 9.99. The number of aliphatic carboxylic acids is 1. The monoisotopic (exact) mass is 644 g/mol. The lowest BCUT2D eigenvalue weighted by molar-refractivity contribution is -0.136. The van der Waals surface area contributed by atoms with Crippen molar-refractivity contribution in [3.8, 4) is 39.6 Å². The standard InChI is InChI=1S/C32H29ClN6O3S2/c33-23-7-3-22(4-8-23)31-37-24(19-43-31)20-44-32-27(18-35)29(26(17-34)30(38-32)39-14-1-2-15-39)21-5-9-25(10-6-21)42-16-13-36-12-11-28(40)41/h3-10,19,36H,1-2,11-16,20H2,(H,40,41). The molecule has 2 N–H and O–H groups in total. The first-order valence-electron chi connectivity index (χ1n) is 14.1. The number of hydrogen-bond donors (Lipinski definition) is 2. The van der Waals surface area contributed by atoms with E-state index in [1.54, 1.807) is 11.3 Å². The van der Waals surface area contributed by atoms with Crippen molar-refractivity contribution < 1.29 is 14.6 Å². The minimum atomic E-state index is -0.848. The molecule has 3 heterocycles. The molecule has 1 aliphatic rings. The van der Waals surface area contributed by atoms with Gasteiger partial charge in [0.2, 0.25) is 0 Å². The van der Waals surface area contributed by atoms with E-state index in [1.165, 1.54) is 11.8 Å². The highest BCUT2D eigenvalue weighted by Crippen LogP contribution is 2.40. The number of pyridine rings is 1. The van der Waals surface area contributed by atoms with Crippen LogP contribution in [0.5, 0.6) is 5.75 Å².